The van der Waals surface area contributed by atoms with Crippen LogP contribution in [0, 0.1) is 6.92 Å². The van der Waals surface area contributed by atoms with E-state index in [1.165, 1.54) is 11.3 Å². The SMILES string of the molecule is CCCCCCCCN(C(=O)C(CO)NC(=O)OC(C)(C)C)C(C(=O)NC(C)CCC)c1ccccc1C. The number of benzene rings is 1. The summed E-state index contributed by atoms with van der Waals surface area (Å²) < 4.78 is 5.32. The smallest absolute Gasteiger partial charge is 0.408 e. The van der Waals surface area contributed by atoms with Gasteiger partial charge in [0.1, 0.15) is 17.7 Å². The van der Waals surface area contributed by atoms with Crippen LogP contribution in [-0.2, 0) is 14.3 Å². The molecule has 216 valence electrons. The normalized spacial score (nSPS) is 13.8. The summed E-state index contributed by atoms with van der Waals surface area (Å²) in [6, 6.07) is 5.34. The van der Waals surface area contributed by atoms with Crippen molar-refractivity contribution in [3.05, 3.63) is 35.4 Å². The van der Waals surface area contributed by atoms with Crippen LogP contribution in [0.5, 0.6) is 0 Å². The number of nitrogens with zero attached hydrogens (tertiary/aromatic N) is 1. The Bertz CT molecular complexity index is 868. The lowest BCUT2D eigenvalue weighted by Gasteiger charge is -2.35. The quantitative estimate of drug-likeness (QED) is 0.246. The highest BCUT2D eigenvalue weighted by molar-refractivity contribution is 5.92. The summed E-state index contributed by atoms with van der Waals surface area (Å²) in [5.74, 6) is -0.785. The molecule has 1 rings (SSSR count). The zero-order chi connectivity index (χ0) is 28.7. The van der Waals surface area contributed by atoms with Crippen molar-refractivity contribution in [2.45, 2.75) is 124 Å². The second kappa shape index (κ2) is 17.1. The van der Waals surface area contributed by atoms with E-state index < -0.39 is 36.3 Å². The molecule has 3 N–H and O–H groups in total. The molecule has 3 amide bonds. The summed E-state index contributed by atoms with van der Waals surface area (Å²) in [5, 5.41) is 15.7. The summed E-state index contributed by atoms with van der Waals surface area (Å²) in [4.78, 5) is 41.6. The number of rotatable bonds is 16. The van der Waals surface area contributed by atoms with E-state index in [-0.39, 0.29) is 11.9 Å². The van der Waals surface area contributed by atoms with Crippen LogP contribution >= 0.6 is 0 Å². The lowest BCUT2D eigenvalue weighted by atomic mass is 9.97. The molecule has 0 aliphatic carbocycles. The van der Waals surface area contributed by atoms with Gasteiger partial charge >= 0.3 is 6.09 Å². The number of carbonyl (C=O) groups excluding carboxylic acids is 3. The number of unbranched alkanes of at least 4 members (excludes halogenated alkanes) is 5. The first kappa shape index (κ1) is 33.4. The maximum Gasteiger partial charge on any atom is 0.408 e. The third-order valence-electron chi connectivity index (χ3n) is 6.36. The molecule has 0 saturated heterocycles. The molecule has 8 nitrogen and oxygen atoms in total. The van der Waals surface area contributed by atoms with Gasteiger partial charge in [0.2, 0.25) is 11.8 Å². The molecule has 1 aromatic rings. The van der Waals surface area contributed by atoms with E-state index in [0.717, 1.165) is 49.7 Å². The third-order valence-corrected chi connectivity index (χ3v) is 6.36. The lowest BCUT2D eigenvalue weighted by molar-refractivity contribution is -0.143. The van der Waals surface area contributed by atoms with E-state index in [1.807, 2.05) is 38.1 Å². The van der Waals surface area contributed by atoms with Crippen molar-refractivity contribution in [1.82, 2.24) is 15.5 Å². The van der Waals surface area contributed by atoms with Crippen LogP contribution in [0.25, 0.3) is 0 Å². The van der Waals surface area contributed by atoms with E-state index >= 15 is 0 Å². The number of carbonyl (C=O) groups is 3. The fraction of sp³-hybridized carbons (Fsp3) is 0.700. The molecular formula is C30H51N3O5. The van der Waals surface area contributed by atoms with Crippen LogP contribution in [0.3, 0.4) is 0 Å². The fourth-order valence-electron chi connectivity index (χ4n) is 4.44. The van der Waals surface area contributed by atoms with E-state index in [2.05, 4.69) is 24.5 Å². The van der Waals surface area contributed by atoms with Gasteiger partial charge in [0.15, 0.2) is 0 Å². The average Bonchev–Trinajstić information content (AvgIpc) is 2.83. The monoisotopic (exact) mass is 533 g/mol. The number of hydrogen-bond donors (Lipinski definition) is 3. The topological polar surface area (TPSA) is 108 Å². The van der Waals surface area contributed by atoms with Gasteiger partial charge in [-0.25, -0.2) is 4.79 Å². The van der Waals surface area contributed by atoms with Gasteiger partial charge in [-0.1, -0.05) is 76.6 Å². The maximum atomic E-state index is 13.9. The van der Waals surface area contributed by atoms with E-state index in [4.69, 9.17) is 4.74 Å². The molecule has 0 radical (unpaired) electrons. The first-order valence-electron chi connectivity index (χ1n) is 14.2. The number of hydrogen-bond acceptors (Lipinski definition) is 5. The van der Waals surface area contributed by atoms with E-state index in [0.29, 0.717) is 13.0 Å². The minimum absolute atomic E-state index is 0.0569. The summed E-state index contributed by atoms with van der Waals surface area (Å²) >= 11 is 0. The molecule has 0 bridgehead atoms. The van der Waals surface area contributed by atoms with Crippen molar-refractivity contribution in [2.75, 3.05) is 13.2 Å². The molecule has 0 aliphatic heterocycles. The van der Waals surface area contributed by atoms with Crippen LogP contribution in [0.1, 0.15) is 110 Å². The van der Waals surface area contributed by atoms with Gasteiger partial charge in [-0.05, 0) is 58.6 Å². The van der Waals surface area contributed by atoms with Gasteiger partial charge in [0.05, 0.1) is 6.61 Å². The first-order valence-corrected chi connectivity index (χ1v) is 14.2. The van der Waals surface area contributed by atoms with Crippen LogP contribution in [0.2, 0.25) is 0 Å². The fourth-order valence-corrected chi connectivity index (χ4v) is 4.44. The summed E-state index contributed by atoms with van der Waals surface area (Å²) in [6.07, 6.45) is 7.05. The molecule has 38 heavy (non-hydrogen) atoms. The number of aliphatic hydroxyl groups is 1. The molecule has 0 spiro atoms. The average molecular weight is 534 g/mol. The van der Waals surface area contributed by atoms with Crippen molar-refractivity contribution >= 4 is 17.9 Å². The molecule has 0 fully saturated rings. The lowest BCUT2D eigenvalue weighted by Crippen LogP contribution is -2.55. The highest BCUT2D eigenvalue weighted by atomic mass is 16.6. The number of amides is 3. The van der Waals surface area contributed by atoms with Gasteiger partial charge in [0, 0.05) is 12.6 Å². The highest BCUT2D eigenvalue weighted by Gasteiger charge is 2.36. The molecule has 0 saturated carbocycles. The number of ether oxygens (including phenoxy) is 1. The molecule has 0 aromatic heterocycles. The van der Waals surface area contributed by atoms with Gasteiger partial charge < -0.3 is 25.4 Å². The molecule has 3 unspecified atom stereocenters. The molecule has 1 aromatic carbocycles. The molecule has 8 heteroatoms. The van der Waals surface area contributed by atoms with Crippen molar-refractivity contribution in [1.29, 1.82) is 0 Å². The Balaban J connectivity index is 3.36. The Labute approximate surface area is 229 Å². The zero-order valence-corrected chi connectivity index (χ0v) is 24.6. The Morgan fingerprint density at radius 2 is 1.61 bits per heavy atom. The zero-order valence-electron chi connectivity index (χ0n) is 24.6. The second-order valence-corrected chi connectivity index (χ2v) is 11.1. The minimum Gasteiger partial charge on any atom is -0.444 e. The molecule has 0 heterocycles. The Morgan fingerprint density at radius 3 is 2.18 bits per heavy atom. The van der Waals surface area contributed by atoms with Gasteiger partial charge in [-0.15, -0.1) is 0 Å². The molecule has 0 aliphatic rings. The van der Waals surface area contributed by atoms with Crippen molar-refractivity contribution in [3.8, 4) is 0 Å². The van der Waals surface area contributed by atoms with Gasteiger partial charge in [-0.2, -0.15) is 0 Å². The highest BCUT2D eigenvalue weighted by Crippen LogP contribution is 2.27. The van der Waals surface area contributed by atoms with Crippen molar-refractivity contribution in [2.24, 2.45) is 0 Å². The van der Waals surface area contributed by atoms with Crippen LogP contribution in [0.15, 0.2) is 24.3 Å². The summed E-state index contributed by atoms with van der Waals surface area (Å²) in [6.45, 7) is 13.0. The first-order chi connectivity index (χ1) is 17.9. The predicted octanol–water partition coefficient (Wildman–Crippen LogP) is 5.42. The standard InChI is InChI=1S/C30H51N3O5/c1-8-10-11-12-13-16-20-33(28(36)25(21-34)32-29(37)38-30(5,6)7)26(24-19-15-14-18-22(24)3)27(35)31-23(4)17-9-2/h14-15,18-19,23,25-26,34H,8-13,16-17,20-21H2,1-7H3,(H,31,35)(H,32,37). The Hall–Kier alpha value is -2.61. The largest absolute Gasteiger partial charge is 0.444 e. The van der Waals surface area contributed by atoms with E-state index in [9.17, 15) is 19.5 Å². The molecular weight excluding hydrogens is 482 g/mol. The predicted molar refractivity (Wildman–Crippen MR) is 152 cm³/mol. The Kier molecular flexibility index (Phi) is 15.0. The summed E-state index contributed by atoms with van der Waals surface area (Å²) in [5.41, 5.74) is 0.851. The van der Waals surface area contributed by atoms with Crippen molar-refractivity contribution in [3.63, 3.8) is 0 Å². The van der Waals surface area contributed by atoms with E-state index in [1.54, 1.807) is 20.8 Å². The van der Waals surface area contributed by atoms with Gasteiger partial charge in [-0.3, -0.25) is 9.59 Å². The number of nitrogens with one attached hydrogen (secondary N) is 2. The van der Waals surface area contributed by atoms with Crippen molar-refractivity contribution < 1.29 is 24.2 Å². The minimum atomic E-state index is -1.24. The van der Waals surface area contributed by atoms with Crippen LogP contribution < -0.4 is 10.6 Å². The van der Waals surface area contributed by atoms with Gasteiger partial charge in [0.25, 0.3) is 0 Å². The maximum absolute atomic E-state index is 13.9. The second-order valence-electron chi connectivity index (χ2n) is 11.1. The van der Waals surface area contributed by atoms with Crippen LogP contribution in [0.4, 0.5) is 4.79 Å². The Morgan fingerprint density at radius 1 is 0.974 bits per heavy atom. The summed E-state index contributed by atoms with van der Waals surface area (Å²) in [7, 11) is 0. The van der Waals surface area contributed by atoms with Crippen LogP contribution in [-0.4, -0.2) is 58.8 Å². The number of alkyl carbamates (subject to hydrolysis) is 1. The third kappa shape index (κ3) is 11.8. The molecule has 3 atom stereocenters. The number of aryl methyl sites for hydroxylation is 1. The number of aliphatic hydroxyl groups excluding tert-OH is 1.